The van der Waals surface area contributed by atoms with E-state index in [1.807, 2.05) is 13.0 Å². The topological polar surface area (TPSA) is 9.23 Å². The molecule has 1 saturated carbocycles. The summed E-state index contributed by atoms with van der Waals surface area (Å²) in [4.78, 5) is 0. The van der Waals surface area contributed by atoms with Crippen LogP contribution in [0.3, 0.4) is 0 Å². The zero-order chi connectivity index (χ0) is 15.1. The number of unbranched alkanes of at least 4 members (excludes halogenated alkanes) is 1. The van der Waals surface area contributed by atoms with Crippen LogP contribution in [-0.4, -0.2) is 6.61 Å². The molecule has 0 spiro atoms. The first-order valence-electron chi connectivity index (χ1n) is 8.66. The fraction of sp³-hybridized carbons (Fsp3) is 0.684. The third-order valence-corrected chi connectivity index (χ3v) is 4.70. The van der Waals surface area contributed by atoms with Gasteiger partial charge in [-0.1, -0.05) is 39.2 Å². The second-order valence-electron chi connectivity index (χ2n) is 6.40. The van der Waals surface area contributed by atoms with Crippen molar-refractivity contribution in [1.29, 1.82) is 0 Å². The molecule has 0 aromatic heterocycles. The fourth-order valence-electron chi connectivity index (χ4n) is 3.38. The van der Waals surface area contributed by atoms with Gasteiger partial charge in [0.15, 0.2) is 11.6 Å². The highest BCUT2D eigenvalue weighted by atomic mass is 19.1. The van der Waals surface area contributed by atoms with Gasteiger partial charge < -0.3 is 4.74 Å². The van der Waals surface area contributed by atoms with E-state index in [9.17, 15) is 4.39 Å². The van der Waals surface area contributed by atoms with Crippen molar-refractivity contribution in [2.75, 3.05) is 6.61 Å². The Kier molecular flexibility index (Phi) is 6.53. The first-order valence-corrected chi connectivity index (χ1v) is 8.66. The summed E-state index contributed by atoms with van der Waals surface area (Å²) in [5, 5.41) is 0. The molecule has 2 heteroatoms. The van der Waals surface area contributed by atoms with E-state index >= 15 is 0 Å². The summed E-state index contributed by atoms with van der Waals surface area (Å²) in [6.45, 7) is 4.87. The Balaban J connectivity index is 1.89. The summed E-state index contributed by atoms with van der Waals surface area (Å²) in [7, 11) is 0. The van der Waals surface area contributed by atoms with E-state index in [4.69, 9.17) is 4.74 Å². The van der Waals surface area contributed by atoms with Crippen molar-refractivity contribution in [2.45, 2.75) is 71.1 Å². The molecule has 0 bridgehead atoms. The molecule has 0 aliphatic heterocycles. The zero-order valence-corrected chi connectivity index (χ0v) is 13.5. The van der Waals surface area contributed by atoms with Gasteiger partial charge in [0.05, 0.1) is 6.61 Å². The van der Waals surface area contributed by atoms with E-state index in [1.54, 1.807) is 6.07 Å². The van der Waals surface area contributed by atoms with Gasteiger partial charge in [-0.05, 0) is 61.6 Å². The summed E-state index contributed by atoms with van der Waals surface area (Å²) in [5.41, 5.74) is 1.16. The van der Waals surface area contributed by atoms with Crippen LogP contribution in [0, 0.1) is 11.7 Å². The Bertz CT molecular complexity index is 422. The lowest BCUT2D eigenvalue weighted by Crippen LogP contribution is -2.13. The number of halogens is 1. The van der Waals surface area contributed by atoms with Gasteiger partial charge >= 0.3 is 0 Å². The maximum Gasteiger partial charge on any atom is 0.165 e. The Morgan fingerprint density at radius 2 is 1.86 bits per heavy atom. The summed E-state index contributed by atoms with van der Waals surface area (Å²) in [5.74, 6) is 1.64. The van der Waals surface area contributed by atoms with Gasteiger partial charge in [-0.15, -0.1) is 0 Å². The molecule has 1 nitrogen and oxygen atoms in total. The Morgan fingerprint density at radius 3 is 2.48 bits per heavy atom. The Hall–Kier alpha value is -1.05. The molecule has 0 atom stereocenters. The third-order valence-electron chi connectivity index (χ3n) is 4.70. The molecule has 0 unspecified atom stereocenters. The van der Waals surface area contributed by atoms with Gasteiger partial charge in [-0.3, -0.25) is 0 Å². The molecular weight excluding hydrogens is 263 g/mol. The molecule has 2 rings (SSSR count). The fourth-order valence-corrected chi connectivity index (χ4v) is 3.38. The normalized spacial score (nSPS) is 22.2. The van der Waals surface area contributed by atoms with Crippen LogP contribution in [0.15, 0.2) is 18.2 Å². The van der Waals surface area contributed by atoms with Crippen LogP contribution in [0.1, 0.15) is 76.7 Å². The van der Waals surface area contributed by atoms with Crippen LogP contribution in [-0.2, 0) is 0 Å². The van der Waals surface area contributed by atoms with Crippen molar-refractivity contribution in [3.05, 3.63) is 29.6 Å². The van der Waals surface area contributed by atoms with Gasteiger partial charge in [-0.2, -0.15) is 0 Å². The minimum Gasteiger partial charge on any atom is -0.491 e. The number of hydrogen-bond donors (Lipinski definition) is 0. The van der Waals surface area contributed by atoms with Crippen molar-refractivity contribution < 1.29 is 9.13 Å². The van der Waals surface area contributed by atoms with Crippen LogP contribution in [0.2, 0.25) is 0 Å². The maximum atomic E-state index is 14.0. The van der Waals surface area contributed by atoms with Crippen LogP contribution in [0.5, 0.6) is 5.75 Å². The average molecular weight is 292 g/mol. The van der Waals surface area contributed by atoms with Crippen LogP contribution < -0.4 is 4.74 Å². The molecule has 1 aliphatic rings. The minimum absolute atomic E-state index is 0.200. The van der Waals surface area contributed by atoms with Crippen LogP contribution >= 0.6 is 0 Å². The van der Waals surface area contributed by atoms with Gasteiger partial charge in [0.1, 0.15) is 0 Å². The molecule has 1 aromatic rings. The SMILES string of the molecule is CCCC[C@H]1CC[C@H](c2ccc(OCCC)c(F)c2)CC1. The predicted octanol–water partition coefficient (Wildman–Crippen LogP) is 6.08. The van der Waals surface area contributed by atoms with Crippen molar-refractivity contribution in [3.63, 3.8) is 0 Å². The van der Waals surface area contributed by atoms with E-state index in [1.165, 1.54) is 44.9 Å². The molecule has 0 saturated heterocycles. The van der Waals surface area contributed by atoms with Crippen molar-refractivity contribution in [1.82, 2.24) is 0 Å². The van der Waals surface area contributed by atoms with E-state index < -0.39 is 0 Å². The Labute approximate surface area is 128 Å². The summed E-state index contributed by atoms with van der Waals surface area (Å²) in [6.07, 6.45) is 9.97. The highest BCUT2D eigenvalue weighted by molar-refractivity contribution is 5.31. The predicted molar refractivity (Wildman–Crippen MR) is 86.4 cm³/mol. The highest BCUT2D eigenvalue weighted by Gasteiger charge is 2.22. The molecule has 21 heavy (non-hydrogen) atoms. The standard InChI is InChI=1S/C19H29FO/c1-3-5-6-15-7-9-16(10-8-15)17-11-12-19(18(20)14-17)21-13-4-2/h11-12,14-16H,3-10,13H2,1-2H3/t15-,16-. The lowest BCUT2D eigenvalue weighted by Gasteiger charge is -2.29. The molecule has 118 valence electrons. The second kappa shape index (κ2) is 8.41. The molecule has 0 heterocycles. The van der Waals surface area contributed by atoms with Gasteiger partial charge in [0, 0.05) is 0 Å². The van der Waals surface area contributed by atoms with Crippen molar-refractivity contribution in [3.8, 4) is 5.75 Å². The molecule has 1 aliphatic carbocycles. The largest absolute Gasteiger partial charge is 0.491 e. The molecular formula is C19H29FO. The molecule has 1 fully saturated rings. The number of rotatable bonds is 7. The second-order valence-corrected chi connectivity index (χ2v) is 6.40. The lowest BCUT2D eigenvalue weighted by molar-refractivity contribution is 0.296. The van der Waals surface area contributed by atoms with Gasteiger partial charge in [0.25, 0.3) is 0 Å². The lowest BCUT2D eigenvalue weighted by atomic mass is 9.77. The highest BCUT2D eigenvalue weighted by Crippen LogP contribution is 2.38. The monoisotopic (exact) mass is 292 g/mol. The van der Waals surface area contributed by atoms with E-state index in [2.05, 4.69) is 13.0 Å². The van der Waals surface area contributed by atoms with Crippen LogP contribution in [0.25, 0.3) is 0 Å². The molecule has 0 amide bonds. The summed E-state index contributed by atoms with van der Waals surface area (Å²) in [6, 6.07) is 5.57. The van der Waals surface area contributed by atoms with Crippen molar-refractivity contribution >= 4 is 0 Å². The number of benzene rings is 1. The smallest absolute Gasteiger partial charge is 0.165 e. The molecule has 0 radical (unpaired) electrons. The molecule has 0 N–H and O–H groups in total. The summed E-state index contributed by atoms with van der Waals surface area (Å²) < 4.78 is 19.5. The van der Waals surface area contributed by atoms with E-state index in [0.717, 1.165) is 17.9 Å². The quantitative estimate of drug-likeness (QED) is 0.592. The van der Waals surface area contributed by atoms with Crippen LogP contribution in [0.4, 0.5) is 4.39 Å². The maximum absolute atomic E-state index is 14.0. The van der Waals surface area contributed by atoms with Gasteiger partial charge in [-0.25, -0.2) is 4.39 Å². The average Bonchev–Trinajstić information content (AvgIpc) is 2.52. The number of hydrogen-bond acceptors (Lipinski definition) is 1. The number of ether oxygens (including phenoxy) is 1. The zero-order valence-electron chi connectivity index (χ0n) is 13.5. The van der Waals surface area contributed by atoms with E-state index in [0.29, 0.717) is 18.3 Å². The molecule has 1 aromatic carbocycles. The third kappa shape index (κ3) is 4.72. The Morgan fingerprint density at radius 1 is 1.10 bits per heavy atom. The first-order chi connectivity index (χ1) is 10.2. The van der Waals surface area contributed by atoms with Crippen molar-refractivity contribution in [2.24, 2.45) is 5.92 Å². The van der Waals surface area contributed by atoms with E-state index in [-0.39, 0.29) is 5.82 Å². The van der Waals surface area contributed by atoms with Gasteiger partial charge in [0.2, 0.25) is 0 Å². The minimum atomic E-state index is -0.200. The summed E-state index contributed by atoms with van der Waals surface area (Å²) >= 11 is 0. The first kappa shape index (κ1) is 16.3.